The molecule has 0 unspecified atom stereocenters. The summed E-state index contributed by atoms with van der Waals surface area (Å²) in [7, 11) is 0. The highest BCUT2D eigenvalue weighted by molar-refractivity contribution is 6.50. The van der Waals surface area contributed by atoms with Crippen LogP contribution in [0.15, 0.2) is 41.5 Å². The molecule has 1 aromatic rings. The van der Waals surface area contributed by atoms with E-state index >= 15 is 0 Å². The van der Waals surface area contributed by atoms with Gasteiger partial charge in [0.1, 0.15) is 11.5 Å². The van der Waals surface area contributed by atoms with Gasteiger partial charge in [0.25, 0.3) is 0 Å². The zero-order valence-electron chi connectivity index (χ0n) is 14.4. The van der Waals surface area contributed by atoms with Gasteiger partial charge in [-0.25, -0.2) is 0 Å². The number of benzene rings is 1. The summed E-state index contributed by atoms with van der Waals surface area (Å²) in [5.74, 6) is 0.168. The molecule has 0 heterocycles. The van der Waals surface area contributed by atoms with Crippen molar-refractivity contribution in [2.45, 2.75) is 39.0 Å². The lowest BCUT2D eigenvalue weighted by atomic mass is 9.84. The minimum absolute atomic E-state index is 0.130. The van der Waals surface area contributed by atoms with Gasteiger partial charge in [0.05, 0.1) is 11.4 Å². The first-order valence-electron chi connectivity index (χ1n) is 8.07. The Kier molecular flexibility index (Phi) is 5.57. The summed E-state index contributed by atoms with van der Waals surface area (Å²) in [6.07, 6.45) is 8.40. The fourth-order valence-electron chi connectivity index (χ4n) is 2.47. The Morgan fingerprint density at radius 2 is 1.88 bits per heavy atom. The molecule has 0 atom stereocenters. The van der Waals surface area contributed by atoms with Gasteiger partial charge in [0.15, 0.2) is 0 Å². The molecule has 5 heteroatoms. The number of aliphatic hydroxyl groups excluding tert-OH is 1. The van der Waals surface area contributed by atoms with Crippen molar-refractivity contribution in [3.8, 4) is 5.75 Å². The fraction of sp³-hybridized carbons (Fsp3) is 0.368. The van der Waals surface area contributed by atoms with Crippen molar-refractivity contribution in [3.05, 3.63) is 47.6 Å². The molecule has 0 aromatic heterocycles. The van der Waals surface area contributed by atoms with E-state index in [1.807, 2.05) is 39.0 Å². The molecule has 0 bridgehead atoms. The van der Waals surface area contributed by atoms with Crippen molar-refractivity contribution in [3.63, 3.8) is 0 Å². The fourth-order valence-corrected chi connectivity index (χ4v) is 2.47. The lowest BCUT2D eigenvalue weighted by Crippen LogP contribution is -2.14. The van der Waals surface area contributed by atoms with E-state index in [9.17, 15) is 5.11 Å². The summed E-state index contributed by atoms with van der Waals surface area (Å²) in [4.78, 5) is 0. The minimum atomic E-state index is -0.219. The molecule has 5 nitrogen and oxygen atoms in total. The molecule has 0 spiro atoms. The minimum Gasteiger partial charge on any atom is -0.505 e. The number of phenols is 1. The summed E-state index contributed by atoms with van der Waals surface area (Å²) in [5, 5.41) is 31.7. The van der Waals surface area contributed by atoms with E-state index in [0.717, 1.165) is 17.5 Å². The predicted octanol–water partition coefficient (Wildman–Crippen LogP) is 3.53. The molecular weight excluding hydrogens is 302 g/mol. The third-order valence-corrected chi connectivity index (χ3v) is 3.80. The molecule has 0 saturated heterocycles. The van der Waals surface area contributed by atoms with Crippen molar-refractivity contribution in [2.75, 3.05) is 12.0 Å². The third kappa shape index (κ3) is 4.32. The van der Waals surface area contributed by atoms with Crippen molar-refractivity contribution in [1.29, 1.82) is 5.41 Å². The van der Waals surface area contributed by atoms with Crippen molar-refractivity contribution < 1.29 is 10.2 Å². The maximum atomic E-state index is 10.6. The quantitative estimate of drug-likeness (QED) is 0.379. The smallest absolute Gasteiger partial charge is 0.144 e. The topological polar surface area (TPSA) is 88.7 Å². The van der Waals surface area contributed by atoms with Gasteiger partial charge in [0, 0.05) is 12.2 Å². The van der Waals surface area contributed by atoms with Crippen LogP contribution in [0.4, 0.5) is 5.69 Å². The largest absolute Gasteiger partial charge is 0.505 e. The molecule has 2 rings (SSSR count). The number of phenolic OH excluding ortho intramolecular Hbond substituents is 1. The number of anilines is 1. The molecule has 0 saturated carbocycles. The number of nitrogens with one attached hydrogen (secondary N) is 2. The number of allylic oxidation sites excluding steroid dienone is 4. The van der Waals surface area contributed by atoms with Gasteiger partial charge in [-0.15, -0.1) is 0 Å². The molecule has 0 aliphatic heterocycles. The maximum Gasteiger partial charge on any atom is 0.144 e. The summed E-state index contributed by atoms with van der Waals surface area (Å²) < 4.78 is 0. The Balaban J connectivity index is 2.37. The molecular formula is C19H25N3O2. The molecule has 24 heavy (non-hydrogen) atoms. The Morgan fingerprint density at radius 3 is 2.50 bits per heavy atom. The number of nitrogens with zero attached hydrogens (tertiary/aromatic N) is 1. The molecule has 0 amide bonds. The van der Waals surface area contributed by atoms with Crippen LogP contribution in [-0.2, 0) is 11.8 Å². The SMILES string of the molecule is CC(C)(C)c1cc(CCCO)cc(N/N=C2/C=CC=CC2=N)c1O. The van der Waals surface area contributed by atoms with Crippen LogP contribution in [0.2, 0.25) is 0 Å². The monoisotopic (exact) mass is 327 g/mol. The normalized spacial score (nSPS) is 16.0. The standard InChI is InChI=1S/C19H25N3O2/c1-19(2,3)14-11-13(7-6-10-23)12-17(18(14)24)22-21-16-9-5-4-8-15(16)20/h4-5,8-9,11-12,20,22-24H,6-7,10H2,1-3H3/b20-15?,21-16-. The van der Waals surface area contributed by atoms with Crippen LogP contribution in [0.5, 0.6) is 5.75 Å². The molecule has 0 fully saturated rings. The molecule has 1 aliphatic carbocycles. The van der Waals surface area contributed by atoms with E-state index in [1.54, 1.807) is 18.2 Å². The molecule has 1 aliphatic rings. The van der Waals surface area contributed by atoms with E-state index in [4.69, 9.17) is 10.5 Å². The van der Waals surface area contributed by atoms with Crippen LogP contribution in [-0.4, -0.2) is 28.2 Å². The predicted molar refractivity (Wildman–Crippen MR) is 99.3 cm³/mol. The highest BCUT2D eigenvalue weighted by Gasteiger charge is 2.21. The summed E-state index contributed by atoms with van der Waals surface area (Å²) >= 11 is 0. The lowest BCUT2D eigenvalue weighted by molar-refractivity contribution is 0.288. The maximum absolute atomic E-state index is 10.6. The van der Waals surface area contributed by atoms with E-state index in [1.165, 1.54) is 0 Å². The van der Waals surface area contributed by atoms with E-state index in [0.29, 0.717) is 23.5 Å². The van der Waals surface area contributed by atoms with Crippen LogP contribution < -0.4 is 5.43 Å². The van der Waals surface area contributed by atoms with Crippen LogP contribution in [0, 0.1) is 5.41 Å². The highest BCUT2D eigenvalue weighted by atomic mass is 16.3. The van der Waals surface area contributed by atoms with Crippen molar-refractivity contribution in [1.82, 2.24) is 0 Å². The number of aliphatic hydroxyl groups is 1. The zero-order valence-corrected chi connectivity index (χ0v) is 14.4. The van der Waals surface area contributed by atoms with E-state index < -0.39 is 0 Å². The summed E-state index contributed by atoms with van der Waals surface area (Å²) in [5.41, 5.74) is 5.87. The van der Waals surface area contributed by atoms with Crippen molar-refractivity contribution in [2.24, 2.45) is 5.10 Å². The van der Waals surface area contributed by atoms with Crippen LogP contribution in [0.3, 0.4) is 0 Å². The second kappa shape index (κ2) is 7.45. The third-order valence-electron chi connectivity index (χ3n) is 3.80. The number of rotatable bonds is 5. The molecule has 0 radical (unpaired) electrons. The van der Waals surface area contributed by atoms with Gasteiger partial charge >= 0.3 is 0 Å². The van der Waals surface area contributed by atoms with Gasteiger partial charge < -0.3 is 10.2 Å². The summed E-state index contributed by atoms with van der Waals surface area (Å²) in [6, 6.07) is 3.82. The Labute approximate surface area is 142 Å². The Hall–Kier alpha value is -2.40. The van der Waals surface area contributed by atoms with Crippen LogP contribution in [0.1, 0.15) is 38.3 Å². The first-order chi connectivity index (χ1) is 11.3. The number of hydrazone groups is 1. The number of aryl methyl sites for hydroxylation is 1. The van der Waals surface area contributed by atoms with Gasteiger partial charge in [-0.2, -0.15) is 5.10 Å². The second-order valence-corrected chi connectivity index (χ2v) is 6.86. The van der Waals surface area contributed by atoms with Gasteiger partial charge in [-0.1, -0.05) is 39.0 Å². The Bertz CT molecular complexity index is 710. The second-order valence-electron chi connectivity index (χ2n) is 6.86. The molecule has 4 N–H and O–H groups in total. The van der Waals surface area contributed by atoms with E-state index in [-0.39, 0.29) is 17.8 Å². The van der Waals surface area contributed by atoms with E-state index in [2.05, 4.69) is 10.5 Å². The average Bonchev–Trinajstić information content (AvgIpc) is 2.52. The number of hydrogen-bond acceptors (Lipinski definition) is 5. The van der Waals surface area contributed by atoms with Gasteiger partial charge in [-0.05, 0) is 42.0 Å². The van der Waals surface area contributed by atoms with Gasteiger partial charge in [-0.3, -0.25) is 10.8 Å². The average molecular weight is 327 g/mol. The molecule has 1 aromatic carbocycles. The van der Waals surface area contributed by atoms with Crippen LogP contribution in [0.25, 0.3) is 0 Å². The van der Waals surface area contributed by atoms with Gasteiger partial charge in [0.2, 0.25) is 0 Å². The lowest BCUT2D eigenvalue weighted by Gasteiger charge is -2.23. The summed E-state index contributed by atoms with van der Waals surface area (Å²) in [6.45, 7) is 6.25. The first-order valence-corrected chi connectivity index (χ1v) is 8.07. The number of hydrogen-bond donors (Lipinski definition) is 4. The van der Waals surface area contributed by atoms with Crippen LogP contribution >= 0.6 is 0 Å². The number of aromatic hydroxyl groups is 1. The highest BCUT2D eigenvalue weighted by Crippen LogP contribution is 2.37. The first kappa shape index (κ1) is 17.9. The molecule has 128 valence electrons. The Morgan fingerprint density at radius 1 is 1.17 bits per heavy atom. The zero-order chi connectivity index (χ0) is 17.7. The van der Waals surface area contributed by atoms with Crippen molar-refractivity contribution >= 4 is 17.1 Å².